The number of aromatic nitrogens is 3. The average molecular weight is 333 g/mol. The molecule has 6 heteroatoms. The maximum atomic E-state index is 6.36. The Labute approximate surface area is 141 Å². The van der Waals surface area contributed by atoms with Gasteiger partial charge in [-0.3, -0.25) is 4.68 Å². The van der Waals surface area contributed by atoms with Crippen molar-refractivity contribution < 1.29 is 4.74 Å². The standard InChI is InChI=1S/C17H21ClN4O/c1-11-8-17(9-15(19-11)16-10-22(2)21-20-16)14-7-13(18)4-3-12(14)5-6-23-17/h3-4,7,10-11,15,19H,5-6,8-9H2,1-2H3/t11-,15-,17-/m0/s1. The minimum Gasteiger partial charge on any atom is -0.370 e. The molecule has 1 N–H and O–H groups in total. The molecule has 0 unspecified atom stereocenters. The van der Waals surface area contributed by atoms with Crippen molar-refractivity contribution in [3.63, 3.8) is 0 Å². The fourth-order valence-corrected chi connectivity index (χ4v) is 4.22. The van der Waals surface area contributed by atoms with Crippen LogP contribution in [0.1, 0.15) is 42.6 Å². The third kappa shape index (κ3) is 2.67. The zero-order valence-electron chi connectivity index (χ0n) is 13.4. The minimum absolute atomic E-state index is 0.136. The summed E-state index contributed by atoms with van der Waals surface area (Å²) in [5.74, 6) is 0. The van der Waals surface area contributed by atoms with Crippen LogP contribution in [0.5, 0.6) is 0 Å². The molecule has 1 fully saturated rings. The largest absolute Gasteiger partial charge is 0.370 e. The highest BCUT2D eigenvalue weighted by molar-refractivity contribution is 6.30. The number of fused-ring (bicyclic) bond motifs is 2. The van der Waals surface area contributed by atoms with Gasteiger partial charge in [-0.15, -0.1) is 5.10 Å². The van der Waals surface area contributed by atoms with Crippen LogP contribution in [-0.4, -0.2) is 27.6 Å². The van der Waals surface area contributed by atoms with Crippen LogP contribution in [0.3, 0.4) is 0 Å². The van der Waals surface area contributed by atoms with Crippen molar-refractivity contribution in [3.05, 3.63) is 46.2 Å². The molecule has 1 saturated heterocycles. The first kappa shape index (κ1) is 15.1. The van der Waals surface area contributed by atoms with Crippen LogP contribution >= 0.6 is 11.6 Å². The first-order valence-corrected chi connectivity index (χ1v) is 8.49. The smallest absolute Gasteiger partial charge is 0.0997 e. The molecule has 3 atom stereocenters. The Morgan fingerprint density at radius 1 is 1.39 bits per heavy atom. The van der Waals surface area contributed by atoms with Gasteiger partial charge in [0.15, 0.2) is 0 Å². The van der Waals surface area contributed by atoms with E-state index in [1.54, 1.807) is 4.68 Å². The molecule has 1 spiro atoms. The van der Waals surface area contributed by atoms with Gasteiger partial charge < -0.3 is 10.1 Å². The molecular weight excluding hydrogens is 312 g/mol. The van der Waals surface area contributed by atoms with E-state index < -0.39 is 0 Å². The van der Waals surface area contributed by atoms with E-state index >= 15 is 0 Å². The van der Waals surface area contributed by atoms with Gasteiger partial charge in [0.2, 0.25) is 0 Å². The van der Waals surface area contributed by atoms with Crippen molar-refractivity contribution >= 4 is 11.6 Å². The van der Waals surface area contributed by atoms with Gasteiger partial charge in [-0.2, -0.15) is 0 Å². The highest BCUT2D eigenvalue weighted by atomic mass is 35.5. The maximum Gasteiger partial charge on any atom is 0.0997 e. The first-order valence-electron chi connectivity index (χ1n) is 8.11. The van der Waals surface area contributed by atoms with Crippen molar-refractivity contribution in [2.45, 2.75) is 43.9 Å². The summed E-state index contributed by atoms with van der Waals surface area (Å²) in [6, 6.07) is 6.68. The highest BCUT2D eigenvalue weighted by Gasteiger charge is 2.45. The number of nitrogens with zero attached hydrogens (tertiary/aromatic N) is 3. The molecule has 1 aromatic heterocycles. The van der Waals surface area contributed by atoms with E-state index in [0.29, 0.717) is 6.04 Å². The lowest BCUT2D eigenvalue weighted by Gasteiger charge is -2.47. The SMILES string of the molecule is C[C@H]1C[C@@]2(C[C@@H](c3cn(C)nn3)N1)OCCc1ccc(Cl)cc12. The van der Waals surface area contributed by atoms with E-state index in [1.165, 1.54) is 11.1 Å². The van der Waals surface area contributed by atoms with E-state index in [9.17, 15) is 0 Å². The second kappa shape index (κ2) is 5.58. The van der Waals surface area contributed by atoms with Crippen molar-refractivity contribution in [2.75, 3.05) is 6.61 Å². The lowest BCUT2D eigenvalue weighted by Crippen LogP contribution is -2.50. The maximum absolute atomic E-state index is 6.36. The van der Waals surface area contributed by atoms with Gasteiger partial charge in [-0.25, -0.2) is 0 Å². The molecule has 3 heterocycles. The number of ether oxygens (including phenoxy) is 1. The van der Waals surface area contributed by atoms with Gasteiger partial charge in [-0.05, 0) is 43.0 Å². The number of benzene rings is 1. The van der Waals surface area contributed by atoms with Crippen LogP contribution in [0, 0.1) is 0 Å². The number of hydrogen-bond donors (Lipinski definition) is 1. The van der Waals surface area contributed by atoms with Gasteiger partial charge in [0.05, 0.1) is 23.9 Å². The zero-order valence-corrected chi connectivity index (χ0v) is 14.2. The van der Waals surface area contributed by atoms with E-state index in [-0.39, 0.29) is 11.6 Å². The summed E-state index contributed by atoms with van der Waals surface area (Å²) in [6.45, 7) is 2.96. The van der Waals surface area contributed by atoms with Gasteiger partial charge >= 0.3 is 0 Å². The van der Waals surface area contributed by atoms with Crippen molar-refractivity contribution in [2.24, 2.45) is 7.05 Å². The summed E-state index contributed by atoms with van der Waals surface area (Å²) in [7, 11) is 1.89. The van der Waals surface area contributed by atoms with Crippen molar-refractivity contribution in [1.29, 1.82) is 0 Å². The van der Waals surface area contributed by atoms with E-state index in [1.807, 2.05) is 19.3 Å². The second-order valence-electron chi connectivity index (χ2n) is 6.74. The first-order chi connectivity index (χ1) is 11.1. The number of piperidine rings is 1. The van der Waals surface area contributed by atoms with Crippen LogP contribution in [0.2, 0.25) is 5.02 Å². The van der Waals surface area contributed by atoms with Gasteiger partial charge in [0.25, 0.3) is 0 Å². The summed E-state index contributed by atoms with van der Waals surface area (Å²) in [6.07, 6.45) is 4.72. The number of nitrogens with one attached hydrogen (secondary N) is 1. The lowest BCUT2D eigenvalue weighted by atomic mass is 9.75. The number of hydrogen-bond acceptors (Lipinski definition) is 4. The molecule has 0 aliphatic carbocycles. The molecule has 1 aromatic carbocycles. The molecule has 0 saturated carbocycles. The Bertz CT molecular complexity index is 731. The average Bonchev–Trinajstić information content (AvgIpc) is 2.94. The van der Waals surface area contributed by atoms with Gasteiger partial charge in [0, 0.05) is 30.7 Å². The lowest BCUT2D eigenvalue weighted by molar-refractivity contribution is -0.0987. The molecule has 2 aromatic rings. The molecule has 122 valence electrons. The molecule has 2 aliphatic rings. The Morgan fingerprint density at radius 2 is 2.26 bits per heavy atom. The fourth-order valence-electron chi connectivity index (χ4n) is 4.05. The molecule has 2 aliphatic heterocycles. The molecule has 0 bridgehead atoms. The topological polar surface area (TPSA) is 52.0 Å². The summed E-state index contributed by atoms with van der Waals surface area (Å²) in [5.41, 5.74) is 3.29. The van der Waals surface area contributed by atoms with Crippen molar-refractivity contribution in [1.82, 2.24) is 20.3 Å². The fraction of sp³-hybridized carbons (Fsp3) is 0.529. The predicted octanol–water partition coefficient (Wildman–Crippen LogP) is 2.75. The number of rotatable bonds is 1. The summed E-state index contributed by atoms with van der Waals surface area (Å²) in [5, 5.41) is 12.8. The van der Waals surface area contributed by atoms with Gasteiger partial charge in [-0.1, -0.05) is 22.9 Å². The predicted molar refractivity (Wildman–Crippen MR) is 88.4 cm³/mol. The Kier molecular flexibility index (Phi) is 3.67. The number of halogens is 1. The molecule has 0 amide bonds. The van der Waals surface area contributed by atoms with Crippen LogP contribution in [0.25, 0.3) is 0 Å². The minimum atomic E-state index is -0.286. The van der Waals surface area contributed by atoms with E-state index in [4.69, 9.17) is 16.3 Å². The Morgan fingerprint density at radius 3 is 3.04 bits per heavy atom. The molecule has 4 rings (SSSR count). The summed E-state index contributed by atoms with van der Waals surface area (Å²) in [4.78, 5) is 0. The molecule has 23 heavy (non-hydrogen) atoms. The quantitative estimate of drug-likeness (QED) is 0.872. The molecule has 0 radical (unpaired) electrons. The zero-order chi connectivity index (χ0) is 16.0. The summed E-state index contributed by atoms with van der Waals surface area (Å²) < 4.78 is 8.11. The molecular formula is C17H21ClN4O. The van der Waals surface area contributed by atoms with Crippen LogP contribution in [0.4, 0.5) is 0 Å². The normalized spacial score (nSPS) is 30.4. The Hall–Kier alpha value is -1.43. The van der Waals surface area contributed by atoms with E-state index in [2.05, 4.69) is 34.7 Å². The Balaban J connectivity index is 1.75. The van der Waals surface area contributed by atoms with Crippen LogP contribution < -0.4 is 5.32 Å². The van der Waals surface area contributed by atoms with E-state index in [0.717, 1.165) is 36.6 Å². The third-order valence-corrected chi connectivity index (χ3v) is 5.18. The molecule has 5 nitrogen and oxygen atoms in total. The van der Waals surface area contributed by atoms with Crippen molar-refractivity contribution in [3.8, 4) is 0 Å². The van der Waals surface area contributed by atoms with Crippen LogP contribution in [0.15, 0.2) is 24.4 Å². The monoisotopic (exact) mass is 332 g/mol. The van der Waals surface area contributed by atoms with Gasteiger partial charge in [0.1, 0.15) is 0 Å². The highest BCUT2D eigenvalue weighted by Crippen LogP contribution is 2.46. The summed E-state index contributed by atoms with van der Waals surface area (Å²) >= 11 is 6.28. The second-order valence-corrected chi connectivity index (χ2v) is 7.18. The number of aryl methyl sites for hydroxylation is 1. The third-order valence-electron chi connectivity index (χ3n) is 4.95. The van der Waals surface area contributed by atoms with Crippen LogP contribution in [-0.2, 0) is 23.8 Å².